The number of hydrogen-bond acceptors (Lipinski definition) is 1. The molecule has 1 aromatic carbocycles. The molecule has 0 bridgehead atoms. The molecule has 0 saturated heterocycles. The smallest absolute Gasteiger partial charge is 0.255 e. The van der Waals surface area contributed by atoms with E-state index in [4.69, 9.17) is 0 Å². The molecule has 2 rings (SSSR count). The molecule has 1 saturated carbocycles. The summed E-state index contributed by atoms with van der Waals surface area (Å²) in [5, 5.41) is 0. The average Bonchev–Trinajstić information content (AvgIpc) is 2.76. The maximum atomic E-state index is 12.6. The first kappa shape index (κ1) is 8.35. The van der Waals surface area contributed by atoms with E-state index >= 15 is 0 Å². The first-order valence-electron chi connectivity index (χ1n) is 4.06. The lowest BCUT2D eigenvalue weighted by Gasteiger charge is -1.98. The fourth-order valence-electron chi connectivity index (χ4n) is 1.38. The zero-order chi connectivity index (χ0) is 9.47. The number of aldehydes is 1. The molecular formula is C10H8F2O. The Kier molecular flexibility index (Phi) is 1.68. The highest BCUT2D eigenvalue weighted by Crippen LogP contribution is 2.55. The molecule has 0 N–H and O–H groups in total. The van der Waals surface area contributed by atoms with E-state index in [0.29, 0.717) is 17.4 Å². The van der Waals surface area contributed by atoms with Crippen molar-refractivity contribution in [1.29, 1.82) is 0 Å². The molecule has 13 heavy (non-hydrogen) atoms. The van der Waals surface area contributed by atoms with Gasteiger partial charge < -0.3 is 0 Å². The minimum Gasteiger partial charge on any atom is -0.298 e. The maximum Gasteiger partial charge on any atom is 0.255 e. The van der Waals surface area contributed by atoms with Crippen LogP contribution in [0.15, 0.2) is 24.3 Å². The van der Waals surface area contributed by atoms with Gasteiger partial charge in [0.15, 0.2) is 0 Å². The van der Waals surface area contributed by atoms with E-state index in [0.717, 1.165) is 0 Å². The summed E-state index contributed by atoms with van der Waals surface area (Å²) in [6, 6.07) is 6.32. The number of hydrogen-bond donors (Lipinski definition) is 0. The monoisotopic (exact) mass is 182 g/mol. The first-order chi connectivity index (χ1) is 6.13. The van der Waals surface area contributed by atoms with Crippen LogP contribution in [0.1, 0.15) is 28.3 Å². The molecule has 1 aliphatic carbocycles. The van der Waals surface area contributed by atoms with Crippen molar-refractivity contribution in [2.45, 2.75) is 18.3 Å². The van der Waals surface area contributed by atoms with Gasteiger partial charge in [-0.05, 0) is 5.56 Å². The third kappa shape index (κ3) is 1.46. The average molecular weight is 182 g/mol. The van der Waals surface area contributed by atoms with Gasteiger partial charge in [-0.15, -0.1) is 0 Å². The predicted octanol–water partition coefficient (Wildman–Crippen LogP) is 2.62. The number of alkyl halides is 2. The second-order valence-electron chi connectivity index (χ2n) is 3.30. The van der Waals surface area contributed by atoms with Crippen LogP contribution in [0, 0.1) is 0 Å². The van der Waals surface area contributed by atoms with Gasteiger partial charge in [-0.2, -0.15) is 0 Å². The topological polar surface area (TPSA) is 17.1 Å². The molecule has 0 radical (unpaired) electrons. The molecule has 1 nitrogen and oxygen atoms in total. The number of carbonyl (C=O) groups excluding carboxylic acids is 1. The van der Waals surface area contributed by atoms with Crippen molar-refractivity contribution in [1.82, 2.24) is 0 Å². The zero-order valence-corrected chi connectivity index (χ0v) is 6.84. The molecule has 1 aromatic rings. The van der Waals surface area contributed by atoms with Crippen molar-refractivity contribution in [2.24, 2.45) is 0 Å². The standard InChI is InChI=1S/C10H8F2O/c11-10(12)5-9(10)8-3-1-7(6-13)2-4-8/h1-4,6,9H,5H2. The molecule has 1 fully saturated rings. The normalized spacial score (nSPS) is 24.0. The van der Waals surface area contributed by atoms with Crippen LogP contribution in [0.5, 0.6) is 0 Å². The third-order valence-corrected chi connectivity index (χ3v) is 2.30. The van der Waals surface area contributed by atoms with Gasteiger partial charge in [-0.1, -0.05) is 24.3 Å². The van der Waals surface area contributed by atoms with Gasteiger partial charge in [0.2, 0.25) is 0 Å². The Labute approximate surface area is 74.4 Å². The Bertz CT molecular complexity index is 329. The fraction of sp³-hybridized carbons (Fsp3) is 0.300. The molecule has 1 atom stereocenters. The highest BCUT2D eigenvalue weighted by molar-refractivity contribution is 5.74. The largest absolute Gasteiger partial charge is 0.298 e. The third-order valence-electron chi connectivity index (χ3n) is 2.30. The lowest BCUT2D eigenvalue weighted by Crippen LogP contribution is -1.92. The minimum absolute atomic E-state index is 0.0621. The molecule has 1 unspecified atom stereocenters. The molecule has 0 aliphatic heterocycles. The summed E-state index contributed by atoms with van der Waals surface area (Å²) >= 11 is 0. The second kappa shape index (κ2) is 2.62. The molecular weight excluding hydrogens is 174 g/mol. The Morgan fingerprint density at radius 3 is 2.23 bits per heavy atom. The van der Waals surface area contributed by atoms with Gasteiger partial charge in [0.25, 0.3) is 5.92 Å². The molecule has 68 valence electrons. The molecule has 1 aliphatic rings. The summed E-state index contributed by atoms with van der Waals surface area (Å²) in [5.41, 5.74) is 1.14. The van der Waals surface area contributed by atoms with Crippen LogP contribution >= 0.6 is 0 Å². The van der Waals surface area contributed by atoms with Crippen molar-refractivity contribution in [3.63, 3.8) is 0 Å². The van der Waals surface area contributed by atoms with E-state index in [1.807, 2.05) is 0 Å². The lowest BCUT2D eigenvalue weighted by molar-refractivity contribution is 0.111. The fourth-order valence-corrected chi connectivity index (χ4v) is 1.38. The van der Waals surface area contributed by atoms with E-state index < -0.39 is 11.8 Å². The predicted molar refractivity (Wildman–Crippen MR) is 44.1 cm³/mol. The van der Waals surface area contributed by atoms with Crippen LogP contribution < -0.4 is 0 Å². The highest BCUT2D eigenvalue weighted by atomic mass is 19.3. The lowest BCUT2D eigenvalue weighted by atomic mass is 10.1. The SMILES string of the molecule is O=Cc1ccc(C2CC2(F)F)cc1. The van der Waals surface area contributed by atoms with E-state index in [-0.39, 0.29) is 6.42 Å². The van der Waals surface area contributed by atoms with Gasteiger partial charge in [0.1, 0.15) is 6.29 Å². The van der Waals surface area contributed by atoms with Gasteiger partial charge in [0.05, 0.1) is 5.92 Å². The molecule has 0 amide bonds. The van der Waals surface area contributed by atoms with E-state index in [2.05, 4.69) is 0 Å². The van der Waals surface area contributed by atoms with Crippen molar-refractivity contribution in [3.05, 3.63) is 35.4 Å². The van der Waals surface area contributed by atoms with Crippen molar-refractivity contribution < 1.29 is 13.6 Å². The van der Waals surface area contributed by atoms with Crippen LogP contribution in [0.3, 0.4) is 0 Å². The molecule has 0 aromatic heterocycles. The summed E-state index contributed by atoms with van der Waals surface area (Å²) in [7, 11) is 0. The van der Waals surface area contributed by atoms with Crippen molar-refractivity contribution in [3.8, 4) is 0 Å². The van der Waals surface area contributed by atoms with Crippen LogP contribution in [0.25, 0.3) is 0 Å². The number of halogens is 2. The second-order valence-corrected chi connectivity index (χ2v) is 3.30. The number of carbonyl (C=O) groups is 1. The van der Waals surface area contributed by atoms with Gasteiger partial charge in [-0.25, -0.2) is 8.78 Å². The van der Waals surface area contributed by atoms with Crippen LogP contribution in [0.4, 0.5) is 8.78 Å². The Morgan fingerprint density at radius 1 is 1.31 bits per heavy atom. The van der Waals surface area contributed by atoms with Gasteiger partial charge in [-0.3, -0.25) is 4.79 Å². The van der Waals surface area contributed by atoms with Gasteiger partial charge in [0, 0.05) is 12.0 Å². The Balaban J connectivity index is 2.20. The summed E-state index contributed by atoms with van der Waals surface area (Å²) in [5.74, 6) is -3.16. The highest BCUT2D eigenvalue weighted by Gasteiger charge is 2.57. The number of benzene rings is 1. The van der Waals surface area contributed by atoms with E-state index in [1.165, 1.54) is 0 Å². The summed E-state index contributed by atoms with van der Waals surface area (Å²) in [6.07, 6.45) is 0.641. The van der Waals surface area contributed by atoms with Crippen LogP contribution in [0.2, 0.25) is 0 Å². The first-order valence-corrected chi connectivity index (χ1v) is 4.06. The minimum atomic E-state index is -2.53. The summed E-state index contributed by atoms with van der Waals surface area (Å²) in [4.78, 5) is 10.3. The van der Waals surface area contributed by atoms with Crippen molar-refractivity contribution >= 4 is 6.29 Å². The molecule has 3 heteroatoms. The quantitative estimate of drug-likeness (QED) is 0.642. The van der Waals surface area contributed by atoms with Crippen LogP contribution in [-0.4, -0.2) is 12.2 Å². The van der Waals surface area contributed by atoms with Gasteiger partial charge >= 0.3 is 0 Å². The van der Waals surface area contributed by atoms with Crippen LogP contribution in [-0.2, 0) is 0 Å². The van der Waals surface area contributed by atoms with E-state index in [1.54, 1.807) is 24.3 Å². The summed E-state index contributed by atoms with van der Waals surface area (Å²) in [6.45, 7) is 0. The van der Waals surface area contributed by atoms with E-state index in [9.17, 15) is 13.6 Å². The molecule has 0 heterocycles. The summed E-state index contributed by atoms with van der Waals surface area (Å²) < 4.78 is 25.2. The zero-order valence-electron chi connectivity index (χ0n) is 6.84. The Hall–Kier alpha value is -1.25. The Morgan fingerprint density at radius 2 is 1.85 bits per heavy atom. The molecule has 0 spiro atoms. The maximum absolute atomic E-state index is 12.6. The van der Waals surface area contributed by atoms with Crippen molar-refractivity contribution in [2.75, 3.05) is 0 Å². The number of rotatable bonds is 2.